The molecule has 1 amide bonds. The number of aliphatic hydroxyl groups excluding tert-OH is 1. The molecule has 2 aliphatic heterocycles. The average molecular weight is 453 g/mol. The molecular formula is C25H27NO7. The van der Waals surface area contributed by atoms with Crippen LogP contribution in [0.3, 0.4) is 0 Å². The Kier molecular flexibility index (Phi) is 6.44. The van der Waals surface area contributed by atoms with Gasteiger partial charge in [0.1, 0.15) is 19.0 Å². The summed E-state index contributed by atoms with van der Waals surface area (Å²) in [6, 6.07) is 9.44. The van der Waals surface area contributed by atoms with Crippen molar-refractivity contribution in [3.05, 3.63) is 53.1 Å². The lowest BCUT2D eigenvalue weighted by Gasteiger charge is -2.25. The summed E-state index contributed by atoms with van der Waals surface area (Å²) >= 11 is 0. The summed E-state index contributed by atoms with van der Waals surface area (Å²) in [5, 5.41) is 11.2. The molecular weight excluding hydrogens is 426 g/mol. The van der Waals surface area contributed by atoms with Gasteiger partial charge in [-0.15, -0.1) is 0 Å². The summed E-state index contributed by atoms with van der Waals surface area (Å²) in [7, 11) is 1.54. The van der Waals surface area contributed by atoms with Crippen molar-refractivity contribution < 1.29 is 33.6 Å². The van der Waals surface area contributed by atoms with Crippen molar-refractivity contribution in [1.82, 2.24) is 4.90 Å². The van der Waals surface area contributed by atoms with Crippen LogP contribution in [0.15, 0.2) is 42.0 Å². The molecule has 8 nitrogen and oxygen atoms in total. The van der Waals surface area contributed by atoms with Crippen LogP contribution >= 0.6 is 0 Å². The lowest BCUT2D eigenvalue weighted by Crippen LogP contribution is -2.30. The Balaban J connectivity index is 1.85. The molecule has 2 heterocycles. The topological polar surface area (TPSA) is 94.5 Å². The quantitative estimate of drug-likeness (QED) is 0.388. The largest absolute Gasteiger partial charge is 0.507 e. The first kappa shape index (κ1) is 22.5. The summed E-state index contributed by atoms with van der Waals surface area (Å²) in [6.45, 7) is 5.41. The highest BCUT2D eigenvalue weighted by atomic mass is 16.6. The molecule has 0 spiro atoms. The van der Waals surface area contributed by atoms with Gasteiger partial charge in [0, 0.05) is 12.1 Å². The molecule has 0 aromatic heterocycles. The third-order valence-electron chi connectivity index (χ3n) is 5.62. The van der Waals surface area contributed by atoms with Crippen LogP contribution in [0.1, 0.15) is 37.4 Å². The first-order valence-corrected chi connectivity index (χ1v) is 11.0. The molecule has 2 aromatic carbocycles. The van der Waals surface area contributed by atoms with Gasteiger partial charge in [-0.2, -0.15) is 0 Å². The van der Waals surface area contributed by atoms with E-state index >= 15 is 0 Å². The van der Waals surface area contributed by atoms with Crippen molar-refractivity contribution >= 4 is 17.4 Å². The Morgan fingerprint density at radius 2 is 1.82 bits per heavy atom. The standard InChI is InChI=1S/C25H27NO7/c1-4-10-26-22(15-6-8-17(30-3)19(13-15)31-5-2)21(24(28)25(26)29)23(27)16-7-9-18-20(14-16)33-12-11-32-18/h6-9,13-14,22,27H,4-5,10-12H2,1-3H3/b23-21+. The third kappa shape index (κ3) is 4.08. The maximum absolute atomic E-state index is 13.1. The van der Waals surface area contributed by atoms with Crippen molar-refractivity contribution in [2.45, 2.75) is 26.3 Å². The van der Waals surface area contributed by atoms with Crippen molar-refractivity contribution in [2.24, 2.45) is 0 Å². The van der Waals surface area contributed by atoms with Gasteiger partial charge in [-0.1, -0.05) is 13.0 Å². The number of benzene rings is 2. The number of rotatable bonds is 7. The number of hydrogen-bond acceptors (Lipinski definition) is 7. The van der Waals surface area contributed by atoms with Crippen LogP contribution in [-0.4, -0.2) is 55.2 Å². The minimum Gasteiger partial charge on any atom is -0.507 e. The number of fused-ring (bicyclic) bond motifs is 1. The van der Waals surface area contributed by atoms with Crippen molar-refractivity contribution in [3.63, 3.8) is 0 Å². The second kappa shape index (κ2) is 9.44. The van der Waals surface area contributed by atoms with Gasteiger partial charge in [0.05, 0.1) is 25.3 Å². The zero-order valence-electron chi connectivity index (χ0n) is 18.9. The molecule has 33 heavy (non-hydrogen) atoms. The molecule has 1 saturated heterocycles. The molecule has 8 heteroatoms. The molecule has 0 radical (unpaired) electrons. The number of Topliss-reactive ketones (excluding diaryl/α,β-unsaturated/α-hetero) is 1. The molecule has 2 aliphatic rings. The first-order chi connectivity index (χ1) is 16.0. The highest BCUT2D eigenvalue weighted by Gasteiger charge is 2.46. The Labute approximate surface area is 192 Å². The summed E-state index contributed by atoms with van der Waals surface area (Å²) in [5.74, 6) is 0.454. The van der Waals surface area contributed by atoms with E-state index in [1.54, 1.807) is 43.5 Å². The van der Waals surface area contributed by atoms with E-state index in [0.717, 1.165) is 0 Å². The SMILES string of the molecule is CCCN1C(=O)C(=O)/C(=C(/O)c2ccc3c(c2)OCCO3)C1c1ccc(OC)c(OCC)c1. The Bertz CT molecular complexity index is 1110. The number of aliphatic hydroxyl groups is 1. The monoisotopic (exact) mass is 453 g/mol. The Hall–Kier alpha value is -3.68. The smallest absolute Gasteiger partial charge is 0.295 e. The first-order valence-electron chi connectivity index (χ1n) is 11.0. The van der Waals surface area contributed by atoms with Gasteiger partial charge in [-0.05, 0) is 49.2 Å². The fraction of sp³-hybridized carbons (Fsp3) is 0.360. The van der Waals surface area contributed by atoms with E-state index in [1.807, 2.05) is 13.8 Å². The highest BCUT2D eigenvalue weighted by molar-refractivity contribution is 6.46. The van der Waals surface area contributed by atoms with E-state index in [4.69, 9.17) is 18.9 Å². The number of carbonyl (C=O) groups is 2. The van der Waals surface area contributed by atoms with Gasteiger partial charge in [0.15, 0.2) is 23.0 Å². The van der Waals surface area contributed by atoms with Gasteiger partial charge in [-0.3, -0.25) is 9.59 Å². The number of nitrogens with zero attached hydrogens (tertiary/aromatic N) is 1. The molecule has 174 valence electrons. The zero-order chi connectivity index (χ0) is 23.5. The second-order valence-electron chi connectivity index (χ2n) is 7.69. The van der Waals surface area contributed by atoms with E-state index in [9.17, 15) is 14.7 Å². The molecule has 1 fully saturated rings. The Morgan fingerprint density at radius 3 is 2.52 bits per heavy atom. The lowest BCUT2D eigenvalue weighted by molar-refractivity contribution is -0.139. The number of amides is 1. The Morgan fingerprint density at radius 1 is 1.06 bits per heavy atom. The van der Waals surface area contributed by atoms with E-state index in [-0.39, 0.29) is 11.3 Å². The molecule has 0 saturated carbocycles. The van der Waals surface area contributed by atoms with Gasteiger partial charge in [0.25, 0.3) is 11.7 Å². The summed E-state index contributed by atoms with van der Waals surface area (Å²) in [5.41, 5.74) is 1.04. The number of carbonyl (C=O) groups excluding carboxylic acids is 2. The van der Waals surface area contributed by atoms with Crippen LogP contribution in [0, 0.1) is 0 Å². The van der Waals surface area contributed by atoms with Crippen LogP contribution in [-0.2, 0) is 9.59 Å². The summed E-state index contributed by atoms with van der Waals surface area (Å²) < 4.78 is 22.2. The number of ether oxygens (including phenoxy) is 4. The molecule has 1 atom stereocenters. The zero-order valence-corrected chi connectivity index (χ0v) is 18.9. The number of hydrogen-bond donors (Lipinski definition) is 1. The lowest BCUT2D eigenvalue weighted by atomic mass is 9.94. The van der Waals surface area contributed by atoms with E-state index in [2.05, 4.69) is 0 Å². The molecule has 1 N–H and O–H groups in total. The third-order valence-corrected chi connectivity index (χ3v) is 5.62. The van der Waals surface area contributed by atoms with Gasteiger partial charge in [-0.25, -0.2) is 0 Å². The summed E-state index contributed by atoms with van der Waals surface area (Å²) in [4.78, 5) is 27.5. The molecule has 1 unspecified atom stereocenters. The maximum Gasteiger partial charge on any atom is 0.295 e. The van der Waals surface area contributed by atoms with Gasteiger partial charge >= 0.3 is 0 Å². The fourth-order valence-corrected chi connectivity index (χ4v) is 4.18. The van der Waals surface area contributed by atoms with Gasteiger partial charge in [0.2, 0.25) is 0 Å². The minimum absolute atomic E-state index is 0.0257. The van der Waals surface area contributed by atoms with Crippen molar-refractivity contribution in [2.75, 3.05) is 33.5 Å². The predicted molar refractivity (Wildman–Crippen MR) is 121 cm³/mol. The van der Waals surface area contributed by atoms with E-state index < -0.39 is 17.7 Å². The number of likely N-dealkylation sites (tertiary alicyclic amines) is 1. The van der Waals surface area contributed by atoms with Crippen LogP contribution in [0.4, 0.5) is 0 Å². The molecule has 2 aromatic rings. The molecule has 0 bridgehead atoms. The van der Waals surface area contributed by atoms with Crippen LogP contribution in [0.5, 0.6) is 23.0 Å². The van der Waals surface area contributed by atoms with E-state index in [0.29, 0.717) is 66.9 Å². The fourth-order valence-electron chi connectivity index (χ4n) is 4.18. The predicted octanol–water partition coefficient (Wildman–Crippen LogP) is 3.70. The molecule has 4 rings (SSSR count). The van der Waals surface area contributed by atoms with E-state index in [1.165, 1.54) is 4.90 Å². The van der Waals surface area contributed by atoms with Crippen molar-refractivity contribution in [3.8, 4) is 23.0 Å². The molecule has 0 aliphatic carbocycles. The van der Waals surface area contributed by atoms with Gasteiger partial charge < -0.3 is 29.0 Å². The minimum atomic E-state index is -0.761. The maximum atomic E-state index is 13.1. The second-order valence-corrected chi connectivity index (χ2v) is 7.69. The summed E-state index contributed by atoms with van der Waals surface area (Å²) in [6.07, 6.45) is 0.655. The van der Waals surface area contributed by atoms with Crippen molar-refractivity contribution in [1.29, 1.82) is 0 Å². The van der Waals surface area contributed by atoms with Crippen LogP contribution in [0.25, 0.3) is 5.76 Å². The van der Waals surface area contributed by atoms with Crippen LogP contribution < -0.4 is 18.9 Å². The normalized spacial score (nSPS) is 19.0. The highest BCUT2D eigenvalue weighted by Crippen LogP contribution is 2.43. The van der Waals surface area contributed by atoms with Crippen LogP contribution in [0.2, 0.25) is 0 Å². The number of ketones is 1. The number of methoxy groups -OCH3 is 1. The average Bonchev–Trinajstić information content (AvgIpc) is 3.08.